The van der Waals surface area contributed by atoms with Gasteiger partial charge in [-0.2, -0.15) is 0 Å². The second-order valence-electron chi connectivity index (χ2n) is 12.5. The van der Waals surface area contributed by atoms with E-state index in [9.17, 15) is 0 Å². The van der Waals surface area contributed by atoms with Crippen LogP contribution in [0.4, 0.5) is 0 Å². The third-order valence-electron chi connectivity index (χ3n) is 8.60. The standard InChI is InChI=1S/C34H54O4S2/c1-5-9-13-35-23-33(24-36-14-10-6-2)17-27-21-39-31(29(27)19-33)32-30-20-34(18-28(30)22-40-32,25-37-15-11-7-3)26-38-16-12-8-4/h21-22H,5-20,23-26H2,1-4H3. The van der Waals surface area contributed by atoms with Crippen molar-refractivity contribution in [1.29, 1.82) is 0 Å². The molecule has 0 bridgehead atoms. The zero-order valence-corrected chi connectivity index (χ0v) is 27.4. The van der Waals surface area contributed by atoms with Gasteiger partial charge in [-0.05, 0) is 84.4 Å². The first-order valence-electron chi connectivity index (χ1n) is 16.1. The molecule has 2 aromatic heterocycles. The van der Waals surface area contributed by atoms with Crippen LogP contribution in [-0.2, 0) is 44.6 Å². The topological polar surface area (TPSA) is 36.9 Å². The summed E-state index contributed by atoms with van der Waals surface area (Å²) in [7, 11) is 0. The maximum absolute atomic E-state index is 6.26. The lowest BCUT2D eigenvalue weighted by Crippen LogP contribution is -2.34. The first-order valence-corrected chi connectivity index (χ1v) is 17.8. The predicted octanol–water partition coefficient (Wildman–Crippen LogP) is 8.91. The number of fused-ring (bicyclic) bond motifs is 2. The van der Waals surface area contributed by atoms with Crippen molar-refractivity contribution in [2.75, 3.05) is 52.9 Å². The van der Waals surface area contributed by atoms with Crippen LogP contribution in [0.25, 0.3) is 9.75 Å². The summed E-state index contributed by atoms with van der Waals surface area (Å²) in [5.41, 5.74) is 6.30. The Labute approximate surface area is 252 Å². The number of rotatable bonds is 21. The zero-order valence-electron chi connectivity index (χ0n) is 25.7. The summed E-state index contributed by atoms with van der Waals surface area (Å²) in [6, 6.07) is 0. The molecule has 40 heavy (non-hydrogen) atoms. The fraction of sp³-hybridized carbons (Fsp3) is 0.765. The molecule has 226 valence electrons. The van der Waals surface area contributed by atoms with Gasteiger partial charge in [0.1, 0.15) is 0 Å². The fourth-order valence-corrected chi connectivity index (χ4v) is 8.63. The molecule has 0 aromatic carbocycles. The Morgan fingerprint density at radius 2 is 0.850 bits per heavy atom. The second kappa shape index (κ2) is 16.2. The Hall–Kier alpha value is -0.760. The Kier molecular flexibility index (Phi) is 13.0. The van der Waals surface area contributed by atoms with Gasteiger partial charge >= 0.3 is 0 Å². The van der Waals surface area contributed by atoms with Gasteiger partial charge in [0, 0.05) is 47.0 Å². The quantitative estimate of drug-likeness (QED) is 0.136. The highest BCUT2D eigenvalue weighted by molar-refractivity contribution is 7.20. The van der Waals surface area contributed by atoms with E-state index >= 15 is 0 Å². The Morgan fingerprint density at radius 1 is 0.525 bits per heavy atom. The van der Waals surface area contributed by atoms with Crippen LogP contribution >= 0.6 is 22.7 Å². The van der Waals surface area contributed by atoms with Crippen molar-refractivity contribution in [3.63, 3.8) is 0 Å². The highest BCUT2D eigenvalue weighted by atomic mass is 32.1. The minimum atomic E-state index is 0.0688. The van der Waals surface area contributed by atoms with Crippen molar-refractivity contribution in [2.24, 2.45) is 10.8 Å². The lowest BCUT2D eigenvalue weighted by atomic mass is 9.86. The first-order chi connectivity index (χ1) is 19.6. The van der Waals surface area contributed by atoms with Crippen LogP contribution in [0.1, 0.15) is 101 Å². The van der Waals surface area contributed by atoms with Crippen LogP contribution in [0.5, 0.6) is 0 Å². The molecule has 2 aliphatic rings. The predicted molar refractivity (Wildman–Crippen MR) is 170 cm³/mol. The normalized spacial score (nSPS) is 17.0. The molecular weight excluding hydrogens is 537 g/mol. The van der Waals surface area contributed by atoms with Gasteiger partial charge in [-0.1, -0.05) is 53.4 Å². The van der Waals surface area contributed by atoms with Crippen molar-refractivity contribution >= 4 is 22.7 Å². The molecule has 0 aliphatic heterocycles. The third-order valence-corrected chi connectivity index (χ3v) is 10.9. The molecule has 0 spiro atoms. The van der Waals surface area contributed by atoms with Crippen molar-refractivity contribution in [2.45, 2.75) is 105 Å². The van der Waals surface area contributed by atoms with E-state index < -0.39 is 0 Å². The first kappa shape index (κ1) is 32.2. The monoisotopic (exact) mass is 590 g/mol. The molecule has 0 atom stereocenters. The van der Waals surface area contributed by atoms with E-state index in [1.165, 1.54) is 46.6 Å². The molecular formula is C34H54O4S2. The maximum atomic E-state index is 6.26. The summed E-state index contributed by atoms with van der Waals surface area (Å²) < 4.78 is 25.0. The summed E-state index contributed by atoms with van der Waals surface area (Å²) in [4.78, 5) is 3.00. The molecule has 0 saturated carbocycles. The molecule has 0 saturated heterocycles. The lowest BCUT2D eigenvalue weighted by molar-refractivity contribution is -0.0188. The highest BCUT2D eigenvalue weighted by Crippen LogP contribution is 2.51. The minimum Gasteiger partial charge on any atom is -0.381 e. The average Bonchev–Trinajstić information content (AvgIpc) is 3.70. The van der Waals surface area contributed by atoms with E-state index in [-0.39, 0.29) is 10.8 Å². The minimum absolute atomic E-state index is 0.0688. The van der Waals surface area contributed by atoms with Gasteiger partial charge in [0.05, 0.1) is 26.4 Å². The van der Waals surface area contributed by atoms with Crippen LogP contribution in [-0.4, -0.2) is 52.9 Å². The van der Waals surface area contributed by atoms with Gasteiger partial charge in [-0.25, -0.2) is 0 Å². The van der Waals surface area contributed by atoms with E-state index in [1.54, 1.807) is 11.1 Å². The van der Waals surface area contributed by atoms with Gasteiger partial charge < -0.3 is 18.9 Å². The summed E-state index contributed by atoms with van der Waals surface area (Å²) in [6.07, 6.45) is 13.5. The fourth-order valence-electron chi connectivity index (χ4n) is 6.22. The molecule has 4 nitrogen and oxygen atoms in total. The molecule has 0 fully saturated rings. The van der Waals surface area contributed by atoms with Crippen molar-refractivity contribution in [1.82, 2.24) is 0 Å². The number of unbranched alkanes of at least 4 members (excludes halogenated alkanes) is 4. The molecule has 4 rings (SSSR count). The molecule has 2 heterocycles. The van der Waals surface area contributed by atoms with Crippen molar-refractivity contribution in [3.8, 4) is 9.75 Å². The molecule has 2 aliphatic carbocycles. The van der Waals surface area contributed by atoms with Gasteiger partial charge in [0.25, 0.3) is 0 Å². The molecule has 6 heteroatoms. The largest absolute Gasteiger partial charge is 0.381 e. The SMILES string of the molecule is CCCCOCC1(COCCCC)Cc2csc(-c3scc4c3CC(COCCCC)(COCCCC)C4)c2C1. The van der Waals surface area contributed by atoms with E-state index in [4.69, 9.17) is 18.9 Å². The Bertz CT molecular complexity index is 905. The zero-order chi connectivity index (χ0) is 28.3. The van der Waals surface area contributed by atoms with Gasteiger partial charge in [0.15, 0.2) is 0 Å². The van der Waals surface area contributed by atoms with Crippen LogP contribution in [0, 0.1) is 10.8 Å². The number of thiophene rings is 2. The Morgan fingerprint density at radius 3 is 1.15 bits per heavy atom. The molecule has 0 radical (unpaired) electrons. The van der Waals surface area contributed by atoms with Crippen LogP contribution < -0.4 is 0 Å². The van der Waals surface area contributed by atoms with Gasteiger partial charge in [-0.15, -0.1) is 22.7 Å². The van der Waals surface area contributed by atoms with E-state index in [0.29, 0.717) is 0 Å². The smallest absolute Gasteiger partial charge is 0.0550 e. The number of hydrogen-bond donors (Lipinski definition) is 0. The van der Waals surface area contributed by atoms with Crippen LogP contribution in [0.3, 0.4) is 0 Å². The van der Waals surface area contributed by atoms with E-state index in [2.05, 4.69) is 38.5 Å². The summed E-state index contributed by atoms with van der Waals surface area (Å²) in [5.74, 6) is 0. The average molecular weight is 591 g/mol. The maximum Gasteiger partial charge on any atom is 0.0550 e. The van der Waals surface area contributed by atoms with Crippen LogP contribution in [0.15, 0.2) is 10.8 Å². The summed E-state index contributed by atoms with van der Waals surface area (Å²) in [5, 5.41) is 4.86. The lowest BCUT2D eigenvalue weighted by Gasteiger charge is -2.29. The second-order valence-corrected chi connectivity index (χ2v) is 14.2. The van der Waals surface area contributed by atoms with E-state index in [0.717, 1.165) is 104 Å². The number of ether oxygens (including phenoxy) is 4. The van der Waals surface area contributed by atoms with Gasteiger partial charge in [0.2, 0.25) is 0 Å². The van der Waals surface area contributed by atoms with Crippen LogP contribution in [0.2, 0.25) is 0 Å². The summed E-state index contributed by atoms with van der Waals surface area (Å²) >= 11 is 3.91. The highest BCUT2D eigenvalue weighted by Gasteiger charge is 2.43. The molecule has 0 N–H and O–H groups in total. The summed E-state index contributed by atoms with van der Waals surface area (Å²) in [6.45, 7) is 15.5. The number of hydrogen-bond acceptors (Lipinski definition) is 6. The third kappa shape index (κ3) is 8.20. The molecule has 0 amide bonds. The van der Waals surface area contributed by atoms with Crippen molar-refractivity contribution in [3.05, 3.63) is 33.0 Å². The van der Waals surface area contributed by atoms with E-state index in [1.807, 2.05) is 22.7 Å². The molecule has 2 aromatic rings. The van der Waals surface area contributed by atoms with Gasteiger partial charge in [-0.3, -0.25) is 0 Å². The van der Waals surface area contributed by atoms with Crippen molar-refractivity contribution < 1.29 is 18.9 Å². The molecule has 0 unspecified atom stereocenters. The Balaban J connectivity index is 1.49.